The van der Waals surface area contributed by atoms with Crippen LogP contribution < -0.4 is 20.9 Å². The molecule has 2 saturated heterocycles. The highest BCUT2D eigenvalue weighted by Gasteiger charge is 2.38. The van der Waals surface area contributed by atoms with Gasteiger partial charge in [-0.2, -0.15) is 0 Å². The maximum atomic E-state index is 13.9. The van der Waals surface area contributed by atoms with Gasteiger partial charge in [-0.05, 0) is 62.9 Å². The molecule has 2 aliphatic heterocycles. The number of aromatic nitrogens is 4. The van der Waals surface area contributed by atoms with E-state index in [4.69, 9.17) is 17.2 Å². The van der Waals surface area contributed by atoms with Crippen LogP contribution in [0.4, 0.5) is 11.5 Å². The molecule has 6 rings (SSSR count). The Hall–Kier alpha value is -3.96. The Balaban J connectivity index is 1.48. The molecule has 0 spiro atoms. The molecule has 2 aliphatic rings. The Morgan fingerprint density at radius 3 is 2.56 bits per heavy atom. The zero-order valence-corrected chi connectivity index (χ0v) is 24.7. The van der Waals surface area contributed by atoms with Crippen molar-refractivity contribution in [3.05, 3.63) is 91.6 Å². The number of benzene rings is 1. The molecule has 0 bridgehead atoms. The molecule has 1 amide bonds. The van der Waals surface area contributed by atoms with E-state index in [1.54, 1.807) is 37.0 Å². The summed E-state index contributed by atoms with van der Waals surface area (Å²) in [5.41, 5.74) is 1.79. The SMILES string of the molecule is CCC1CCCCN1c1nc2ccccn2c(=O)c1C=C1SC(=S)N(c2c(C)n(C)n(-c3ccccc3)c2=O)C1=O. The molecule has 41 heavy (non-hydrogen) atoms. The molecular formula is C30H30N6O3S2. The second-order valence-corrected chi connectivity index (χ2v) is 11.9. The van der Waals surface area contributed by atoms with Crippen molar-refractivity contribution in [2.45, 2.75) is 45.6 Å². The number of carbonyl (C=O) groups excluding carboxylic acids is 1. The molecule has 1 atom stereocenters. The van der Waals surface area contributed by atoms with Crippen molar-refractivity contribution < 1.29 is 4.79 Å². The van der Waals surface area contributed by atoms with Crippen LogP contribution in [0.15, 0.2) is 69.2 Å². The van der Waals surface area contributed by atoms with Crippen LogP contribution in [0.1, 0.15) is 43.9 Å². The fraction of sp³-hybridized carbons (Fsp3) is 0.300. The summed E-state index contributed by atoms with van der Waals surface area (Å²) in [5.74, 6) is 0.153. The van der Waals surface area contributed by atoms with Gasteiger partial charge < -0.3 is 4.90 Å². The maximum Gasteiger partial charge on any atom is 0.296 e. The summed E-state index contributed by atoms with van der Waals surface area (Å²) in [4.78, 5) is 50.2. The number of hydrogen-bond donors (Lipinski definition) is 0. The highest BCUT2D eigenvalue weighted by Crippen LogP contribution is 2.37. The Kier molecular flexibility index (Phi) is 7.16. The number of carbonyl (C=O) groups is 1. The molecule has 1 unspecified atom stereocenters. The van der Waals surface area contributed by atoms with Gasteiger partial charge in [0.05, 0.1) is 21.8 Å². The number of piperidine rings is 1. The maximum absolute atomic E-state index is 13.9. The second kappa shape index (κ2) is 10.8. The van der Waals surface area contributed by atoms with Gasteiger partial charge >= 0.3 is 0 Å². The molecule has 2 fully saturated rings. The molecule has 0 N–H and O–H groups in total. The number of fused-ring (bicyclic) bond motifs is 1. The first-order valence-electron chi connectivity index (χ1n) is 13.7. The van der Waals surface area contributed by atoms with Crippen LogP contribution in [-0.4, -0.2) is 41.6 Å². The van der Waals surface area contributed by atoms with E-state index in [0.717, 1.165) is 44.0 Å². The summed E-state index contributed by atoms with van der Waals surface area (Å²) < 4.78 is 4.98. The van der Waals surface area contributed by atoms with Crippen LogP contribution in [0, 0.1) is 6.92 Å². The van der Waals surface area contributed by atoms with Crippen LogP contribution in [-0.2, 0) is 11.8 Å². The first kappa shape index (κ1) is 27.2. The summed E-state index contributed by atoms with van der Waals surface area (Å²) in [6, 6.07) is 15.0. The quantitative estimate of drug-likeness (QED) is 0.248. The van der Waals surface area contributed by atoms with Crippen LogP contribution in [0.25, 0.3) is 17.4 Å². The summed E-state index contributed by atoms with van der Waals surface area (Å²) in [5, 5.41) is 0. The lowest BCUT2D eigenvalue weighted by Gasteiger charge is -2.37. The average molecular weight is 587 g/mol. The molecule has 9 nitrogen and oxygen atoms in total. The summed E-state index contributed by atoms with van der Waals surface area (Å²) in [6.45, 7) is 4.72. The van der Waals surface area contributed by atoms with Crippen LogP contribution in [0.5, 0.6) is 0 Å². The molecule has 0 radical (unpaired) electrons. The number of thiocarbonyl (C=S) groups is 1. The van der Waals surface area contributed by atoms with Crippen LogP contribution in [0.2, 0.25) is 0 Å². The van der Waals surface area contributed by atoms with Gasteiger partial charge in [-0.15, -0.1) is 0 Å². The van der Waals surface area contributed by atoms with Crippen molar-refractivity contribution in [2.75, 3.05) is 16.3 Å². The number of anilines is 2. The number of para-hydroxylation sites is 1. The lowest BCUT2D eigenvalue weighted by molar-refractivity contribution is -0.113. The largest absolute Gasteiger partial charge is 0.353 e. The summed E-state index contributed by atoms with van der Waals surface area (Å²) in [7, 11) is 1.78. The van der Waals surface area contributed by atoms with Gasteiger partial charge in [0.2, 0.25) is 0 Å². The van der Waals surface area contributed by atoms with E-state index in [2.05, 4.69) is 11.8 Å². The molecule has 1 aromatic carbocycles. The van der Waals surface area contributed by atoms with Crippen LogP contribution >= 0.6 is 24.0 Å². The third-order valence-corrected chi connectivity index (χ3v) is 9.24. The van der Waals surface area contributed by atoms with E-state index in [-0.39, 0.29) is 32.1 Å². The van der Waals surface area contributed by atoms with Crippen molar-refractivity contribution >= 4 is 57.4 Å². The zero-order valence-electron chi connectivity index (χ0n) is 23.1. The first-order chi connectivity index (χ1) is 19.8. The second-order valence-electron chi connectivity index (χ2n) is 10.3. The van der Waals surface area contributed by atoms with Crippen molar-refractivity contribution in [1.82, 2.24) is 18.7 Å². The molecule has 5 heterocycles. The highest BCUT2D eigenvalue weighted by atomic mass is 32.2. The topological polar surface area (TPSA) is 84.8 Å². The highest BCUT2D eigenvalue weighted by molar-refractivity contribution is 8.27. The Labute approximate surface area is 246 Å². The molecular weight excluding hydrogens is 557 g/mol. The van der Waals surface area contributed by atoms with Gasteiger partial charge in [0.25, 0.3) is 17.0 Å². The zero-order chi connectivity index (χ0) is 28.8. The van der Waals surface area contributed by atoms with E-state index in [9.17, 15) is 14.4 Å². The summed E-state index contributed by atoms with van der Waals surface area (Å²) in [6.07, 6.45) is 7.39. The third kappa shape index (κ3) is 4.53. The molecule has 0 aliphatic carbocycles. The van der Waals surface area contributed by atoms with Crippen molar-refractivity contribution in [2.24, 2.45) is 7.05 Å². The van der Waals surface area contributed by atoms with E-state index in [0.29, 0.717) is 28.4 Å². The fourth-order valence-electron chi connectivity index (χ4n) is 5.74. The van der Waals surface area contributed by atoms with Crippen molar-refractivity contribution in [3.8, 4) is 5.69 Å². The van der Waals surface area contributed by atoms with Crippen molar-refractivity contribution in [3.63, 3.8) is 0 Å². The van der Waals surface area contributed by atoms with Gasteiger partial charge in [-0.3, -0.25) is 28.4 Å². The number of rotatable bonds is 5. The number of nitrogens with zero attached hydrogens (tertiary/aromatic N) is 6. The van der Waals surface area contributed by atoms with Gasteiger partial charge in [0.1, 0.15) is 17.2 Å². The molecule has 210 valence electrons. The molecule has 11 heteroatoms. The van der Waals surface area contributed by atoms with Gasteiger partial charge in [0, 0.05) is 25.8 Å². The lowest BCUT2D eigenvalue weighted by Crippen LogP contribution is -2.41. The van der Waals surface area contributed by atoms with E-state index < -0.39 is 5.91 Å². The van der Waals surface area contributed by atoms with E-state index in [1.807, 2.05) is 42.5 Å². The Bertz CT molecular complexity index is 1840. The number of amides is 1. The number of hydrogen-bond acceptors (Lipinski definition) is 7. The monoisotopic (exact) mass is 586 g/mol. The molecule has 4 aromatic rings. The van der Waals surface area contributed by atoms with Gasteiger partial charge in [0.15, 0.2) is 4.32 Å². The number of pyridine rings is 1. The first-order valence-corrected chi connectivity index (χ1v) is 14.9. The predicted molar refractivity (Wildman–Crippen MR) is 168 cm³/mol. The molecule has 3 aromatic heterocycles. The van der Waals surface area contributed by atoms with Crippen molar-refractivity contribution in [1.29, 1.82) is 0 Å². The minimum absolute atomic E-state index is 0.206. The minimum Gasteiger partial charge on any atom is -0.353 e. The summed E-state index contributed by atoms with van der Waals surface area (Å²) >= 11 is 6.74. The van der Waals surface area contributed by atoms with E-state index >= 15 is 0 Å². The average Bonchev–Trinajstić information content (AvgIpc) is 3.38. The van der Waals surface area contributed by atoms with E-state index in [1.165, 1.54) is 14.0 Å². The smallest absolute Gasteiger partial charge is 0.296 e. The third-order valence-electron chi connectivity index (χ3n) is 7.94. The Morgan fingerprint density at radius 1 is 1.05 bits per heavy atom. The number of thioether (sulfide) groups is 1. The van der Waals surface area contributed by atoms with Gasteiger partial charge in [-0.25, -0.2) is 9.67 Å². The Morgan fingerprint density at radius 2 is 1.80 bits per heavy atom. The molecule has 0 saturated carbocycles. The minimum atomic E-state index is -0.430. The van der Waals surface area contributed by atoms with Gasteiger partial charge in [-0.1, -0.05) is 55.2 Å². The predicted octanol–water partition coefficient (Wildman–Crippen LogP) is 4.67. The normalized spacial score (nSPS) is 18.7. The van der Waals surface area contributed by atoms with Crippen LogP contribution in [0.3, 0.4) is 0 Å². The lowest BCUT2D eigenvalue weighted by atomic mass is 9.99. The standard InChI is InChI=1S/C30H30N6O3S2/c1-4-20-12-8-10-16-33(20)26-22(27(37)34-17-11-9-15-24(34)31-26)18-23-28(38)35(30(40)41-23)25-19(2)32(3)36(29(25)39)21-13-6-5-7-14-21/h5-7,9,11,13-15,17-18,20H,4,8,10,12,16H2,1-3H3. The fourth-order valence-corrected chi connectivity index (χ4v) is 7.00.